The molecule has 0 saturated heterocycles. The molecule has 0 aromatic rings. The van der Waals surface area contributed by atoms with Crippen molar-refractivity contribution in [1.82, 2.24) is 19.6 Å². The Morgan fingerprint density at radius 1 is 0.170 bits per heavy atom. The van der Waals surface area contributed by atoms with Crippen LogP contribution in [0.25, 0.3) is 0 Å². The van der Waals surface area contributed by atoms with E-state index in [0.717, 1.165) is 0 Å². The molecule has 2 atom stereocenters. The maximum atomic E-state index is 10.1. The van der Waals surface area contributed by atoms with Gasteiger partial charge in [-0.2, -0.15) is 0 Å². The van der Waals surface area contributed by atoms with Gasteiger partial charge in [0.1, 0.15) is 0 Å². The fourth-order valence-corrected chi connectivity index (χ4v) is 17.5. The summed E-state index contributed by atoms with van der Waals surface area (Å²) in [6.45, 7) is 39.1. The van der Waals surface area contributed by atoms with Crippen LogP contribution in [0.3, 0.4) is 0 Å². The van der Waals surface area contributed by atoms with Crippen LogP contribution >= 0.6 is 0 Å². The summed E-state index contributed by atoms with van der Waals surface area (Å²) < 4.78 is 10.1. The molecule has 0 N–H and O–H groups in total. The van der Waals surface area contributed by atoms with Gasteiger partial charge in [0.2, 0.25) is 0 Å². The number of hydrogen-bond donors (Lipinski definition) is 0. The van der Waals surface area contributed by atoms with Crippen molar-refractivity contribution in [1.29, 1.82) is 0 Å². The van der Waals surface area contributed by atoms with Crippen LogP contribution in [-0.4, -0.2) is 83.7 Å². The van der Waals surface area contributed by atoms with Gasteiger partial charge in [-0.25, -0.2) is 0 Å². The first-order valence-electron chi connectivity index (χ1n) is 48.5. The van der Waals surface area contributed by atoms with Crippen molar-refractivity contribution in [2.75, 3.05) is 52.4 Å². The first-order valence-corrected chi connectivity index (χ1v) is 48.5. The molecule has 0 fully saturated rings. The number of rotatable bonds is 88. The van der Waals surface area contributed by atoms with E-state index >= 15 is 0 Å². The Morgan fingerprint density at radius 2 is 0.283 bits per heavy atom. The summed E-state index contributed by atoms with van der Waals surface area (Å²) in [5, 5.41) is 0. The van der Waals surface area contributed by atoms with Crippen molar-refractivity contribution in [3.63, 3.8) is 0 Å². The second-order valence-corrected chi connectivity index (χ2v) is 33.7. The molecule has 0 spiro atoms. The average molecular weight is 1610 g/mol. The van der Waals surface area contributed by atoms with E-state index in [0.29, 0.717) is 11.8 Å². The van der Waals surface area contributed by atoms with Crippen LogP contribution in [0.1, 0.15) is 545 Å². The molecule has 0 aromatic carbocycles. The minimum atomic E-state index is -0.512. The number of ether oxygens (including phenoxy) is 1. The number of unbranched alkanes of at least 4 members (excludes halogenated alkanes) is 58. The van der Waals surface area contributed by atoms with E-state index in [9.17, 15) is 4.74 Å². The Morgan fingerprint density at radius 3 is 0.396 bits per heavy atom. The van der Waals surface area contributed by atoms with E-state index in [-0.39, 0.29) is 71.3 Å². The molecule has 0 aliphatic carbocycles. The van der Waals surface area contributed by atoms with Crippen LogP contribution in [-0.2, 0) is 26.5 Å². The van der Waals surface area contributed by atoms with Gasteiger partial charge < -0.3 is 54.4 Å². The molecule has 0 aliphatic rings. The normalized spacial score (nSPS) is 12.5. The summed E-state index contributed by atoms with van der Waals surface area (Å²) in [7, 11) is 0. The minimum Gasteiger partial charge on any atom is -1.00 e. The Balaban J connectivity index is -0.00000500. The van der Waals surface area contributed by atoms with E-state index in [1.54, 1.807) is 0 Å². The summed E-state index contributed by atoms with van der Waals surface area (Å²) >= 11 is 0. The maximum absolute atomic E-state index is 10.1. The Labute approximate surface area is 711 Å². The third-order valence-corrected chi connectivity index (χ3v) is 24.2. The molecular weight excluding hydrogens is 1410 g/mol. The Kier molecular flexibility index (Phi) is 105. The van der Waals surface area contributed by atoms with Gasteiger partial charge in [-0.3, -0.25) is 19.6 Å². The van der Waals surface area contributed by atoms with Gasteiger partial charge in [0.05, 0.1) is 0 Å². The summed E-state index contributed by atoms with van der Waals surface area (Å²) in [5.74, 6) is -0.167. The summed E-state index contributed by atoms with van der Waals surface area (Å²) in [5.41, 5.74) is 0. The smallest absolute Gasteiger partial charge is 1.00 e. The topological polar surface area (TPSA) is 22.2 Å². The van der Waals surface area contributed by atoms with Crippen LogP contribution in [0.15, 0.2) is 0 Å². The van der Waals surface area contributed by atoms with Gasteiger partial charge >= 0.3 is 21.7 Å². The Hall–Kier alpha value is 1.67. The zero-order valence-electron chi connectivity index (χ0n) is 74.9. The van der Waals surface area contributed by atoms with Gasteiger partial charge in [0.15, 0.2) is 11.7 Å². The molecule has 0 heterocycles. The van der Waals surface area contributed by atoms with Crippen LogP contribution in [0.2, 0.25) is 0 Å². The molecule has 2 unspecified atom stereocenters. The number of halogens is 4. The first kappa shape index (κ1) is 119. The molecule has 0 amide bonds. The van der Waals surface area contributed by atoms with E-state index in [1.807, 2.05) is 0 Å². The first-order chi connectivity index (χ1) is 49.8. The Bertz CT molecular complexity index is 1290. The van der Waals surface area contributed by atoms with Gasteiger partial charge in [-0.05, 0) is 77.0 Å². The largest absolute Gasteiger partial charge is 4.00 e. The van der Waals surface area contributed by atoms with Crippen LogP contribution in [0, 0.1) is 11.8 Å². The minimum absolute atomic E-state index is 0. The average Bonchev–Trinajstić information content (AvgIpc) is 0.728. The molecular formula is C96H198Cl4N4OTi. The molecule has 0 radical (unpaired) electrons. The van der Waals surface area contributed by atoms with Crippen molar-refractivity contribution in [2.45, 2.75) is 557 Å². The van der Waals surface area contributed by atoms with Gasteiger partial charge in [0.25, 0.3) is 0 Å². The van der Waals surface area contributed by atoms with Gasteiger partial charge in [0, 0.05) is 64.2 Å². The molecule has 0 aliphatic heterocycles. The third-order valence-electron chi connectivity index (χ3n) is 24.2. The van der Waals surface area contributed by atoms with E-state index in [4.69, 9.17) is 0 Å². The van der Waals surface area contributed by atoms with Crippen molar-refractivity contribution in [3.8, 4) is 0 Å². The molecule has 0 saturated carbocycles. The van der Waals surface area contributed by atoms with Crippen LogP contribution < -0.4 is 49.6 Å². The quantitative estimate of drug-likeness (QED) is 0.0343. The molecule has 10 heteroatoms. The molecule has 640 valence electrons. The van der Waals surface area contributed by atoms with E-state index < -0.39 is 11.7 Å². The molecule has 106 heavy (non-hydrogen) atoms. The zero-order valence-corrected chi connectivity index (χ0v) is 79.5. The summed E-state index contributed by atoms with van der Waals surface area (Å²) in [6, 6.07) is 0. The molecule has 0 rings (SSSR count). The predicted molar refractivity (Wildman–Crippen MR) is 460 cm³/mol. The van der Waals surface area contributed by atoms with Crippen LogP contribution in [0.4, 0.5) is 0 Å². The number of nitrogens with zero attached hydrogens (tertiary/aromatic N) is 4. The molecule has 0 aromatic heterocycles. The zero-order chi connectivity index (χ0) is 73.7. The fraction of sp³-hybridized carbons (Fsp3) is 1.00. The second kappa shape index (κ2) is 93.8. The van der Waals surface area contributed by atoms with Crippen molar-refractivity contribution >= 4 is 0 Å². The fourth-order valence-electron chi connectivity index (χ4n) is 17.5. The van der Waals surface area contributed by atoms with Crippen molar-refractivity contribution < 1.29 is 76.1 Å². The number of hydrogen-bond acceptors (Lipinski definition) is 5. The van der Waals surface area contributed by atoms with Crippen molar-refractivity contribution in [3.05, 3.63) is 0 Å². The van der Waals surface area contributed by atoms with Crippen molar-refractivity contribution in [2.24, 2.45) is 11.8 Å². The van der Waals surface area contributed by atoms with Crippen LogP contribution in [0.5, 0.6) is 0 Å². The monoisotopic (exact) mass is 1610 g/mol. The third kappa shape index (κ3) is 62.9. The van der Waals surface area contributed by atoms with Gasteiger partial charge in [-0.1, -0.05) is 468 Å². The molecule has 5 nitrogen and oxygen atoms in total. The van der Waals surface area contributed by atoms with E-state index in [2.05, 4.69) is 103 Å². The molecule has 0 bridgehead atoms. The standard InChI is InChI=1S/C96H198N4O.4ClH.Ti/c1-13-25-35-43-51-59-67-75-85-97(86-76-68-60-52-44-36-26-14-2)95(93(23-11)83-33-21-9,98(87-77-69-61-53-45-37-27-15-3)88-78-70-62-54-46-38-28-16-4)101-96(94(24-12)84-34-22-10,99(89-79-71-63-55-47-39-29-17-5)90-80-72-64-56-48-40-30-18-6)100(91-81-73-65-57-49-41-31-19-7)92-82-74-66-58-50-42-32-20-8;;;;;/h93-94H,13-92H2,1-12H3;4*1H;/q;;;;;+4/p-4. The summed E-state index contributed by atoms with van der Waals surface area (Å²) in [4.78, 5) is 13.2. The summed E-state index contributed by atoms with van der Waals surface area (Å²) in [6.07, 6.45) is 98.5. The van der Waals surface area contributed by atoms with E-state index in [1.165, 1.54) is 515 Å². The predicted octanol–water partition coefficient (Wildman–Crippen LogP) is 21.1. The second-order valence-electron chi connectivity index (χ2n) is 33.7. The SMILES string of the molecule is CCCCCCCCCCN(CCCCCCCCCC)C(OC(C(CC)CCCC)(N(CCCCCCCCCC)CCCCCCCCCC)N(CCCCCCCCCC)CCCCCCCCCC)(C(CC)CCCC)N(CCCCCCCCCC)CCCCCCCCCC.[Cl-].[Cl-].[Cl-].[Cl-].[Ti+4]. The maximum Gasteiger partial charge on any atom is 4.00 e. The van der Waals surface area contributed by atoms with Gasteiger partial charge in [-0.15, -0.1) is 0 Å².